The molecular weight excluding hydrogens is 718 g/mol. The first kappa shape index (κ1) is 29.3. The van der Waals surface area contributed by atoms with E-state index in [0.717, 1.165) is 5.57 Å². The van der Waals surface area contributed by atoms with Crippen LogP contribution in [-0.2, 0) is 19.2 Å². The van der Waals surface area contributed by atoms with Gasteiger partial charge in [-0.05, 0) is 108 Å². The summed E-state index contributed by atoms with van der Waals surface area (Å²) < 4.78 is 5.99. The van der Waals surface area contributed by atoms with Crippen molar-refractivity contribution in [3.63, 3.8) is 0 Å². The lowest BCUT2D eigenvalue weighted by Crippen LogP contribution is -2.43. The number of fused-ring (bicyclic) bond motifs is 4. The first-order valence-electron chi connectivity index (χ1n) is 14.1. The summed E-state index contributed by atoms with van der Waals surface area (Å²) in [6.45, 7) is 0. The summed E-state index contributed by atoms with van der Waals surface area (Å²) in [5.74, 6) is -4.85. The maximum absolute atomic E-state index is 14.2. The van der Waals surface area contributed by atoms with Crippen molar-refractivity contribution >= 4 is 80.8 Å². The van der Waals surface area contributed by atoms with Crippen LogP contribution in [0.2, 0.25) is 10.0 Å². The number of imide groups is 2. The molecule has 3 aromatic carbocycles. The van der Waals surface area contributed by atoms with Gasteiger partial charge in [0.05, 0.1) is 45.7 Å². The molecule has 3 fully saturated rings. The molecule has 2 heterocycles. The van der Waals surface area contributed by atoms with E-state index in [4.69, 9.17) is 27.9 Å². The van der Waals surface area contributed by atoms with Crippen molar-refractivity contribution in [3.05, 3.63) is 91.5 Å². The molecule has 0 radical (unpaired) electrons. The molecule has 2 saturated heterocycles. The molecule has 224 valence electrons. The number of halogens is 3. The number of ether oxygens (including phenoxy) is 1. The maximum atomic E-state index is 14.2. The number of anilines is 2. The topological polar surface area (TPSA) is 104 Å². The molecule has 1 saturated carbocycles. The number of methoxy groups -OCH3 is 1. The Labute approximate surface area is 276 Å². The van der Waals surface area contributed by atoms with Crippen molar-refractivity contribution in [2.45, 2.75) is 18.8 Å². The quantitative estimate of drug-likeness (QED) is 0.190. The highest BCUT2D eigenvalue weighted by molar-refractivity contribution is 14.1. The van der Waals surface area contributed by atoms with E-state index in [1.807, 2.05) is 28.7 Å². The number of aromatic hydroxyl groups is 1. The lowest BCUT2D eigenvalue weighted by Gasteiger charge is -2.44. The number of carbonyl (C=O) groups is 4. The molecule has 6 atom stereocenters. The van der Waals surface area contributed by atoms with Gasteiger partial charge in [-0.1, -0.05) is 34.9 Å². The van der Waals surface area contributed by atoms with Gasteiger partial charge in [-0.2, -0.15) is 0 Å². The molecule has 0 unspecified atom stereocenters. The number of hydrogen-bond acceptors (Lipinski definition) is 6. The van der Waals surface area contributed by atoms with Gasteiger partial charge in [0.15, 0.2) is 11.5 Å². The number of phenolic OH excluding ortho intramolecular Hbond substituents is 1. The Morgan fingerprint density at radius 2 is 1.32 bits per heavy atom. The predicted molar refractivity (Wildman–Crippen MR) is 173 cm³/mol. The second-order valence-electron chi connectivity index (χ2n) is 11.6. The summed E-state index contributed by atoms with van der Waals surface area (Å²) in [4.78, 5) is 58.6. The van der Waals surface area contributed by atoms with E-state index in [-0.39, 0.29) is 41.5 Å². The first-order valence-corrected chi connectivity index (χ1v) is 16.0. The minimum Gasteiger partial charge on any atom is -0.504 e. The van der Waals surface area contributed by atoms with Gasteiger partial charge in [-0.3, -0.25) is 29.0 Å². The zero-order valence-electron chi connectivity index (χ0n) is 23.2. The Morgan fingerprint density at radius 1 is 0.773 bits per heavy atom. The summed E-state index contributed by atoms with van der Waals surface area (Å²) >= 11 is 14.2. The maximum Gasteiger partial charge on any atom is 0.238 e. The van der Waals surface area contributed by atoms with E-state index in [9.17, 15) is 24.3 Å². The molecule has 4 amide bonds. The lowest BCUT2D eigenvalue weighted by atomic mass is 9.57. The first-order chi connectivity index (χ1) is 21.1. The van der Waals surface area contributed by atoms with Gasteiger partial charge in [0.2, 0.25) is 23.6 Å². The molecule has 0 spiro atoms. The molecule has 1 N–H and O–H groups in total. The van der Waals surface area contributed by atoms with Crippen LogP contribution in [0.15, 0.2) is 72.3 Å². The third-order valence-corrected chi connectivity index (χ3v) is 10.8. The van der Waals surface area contributed by atoms with Gasteiger partial charge in [0.25, 0.3) is 0 Å². The molecule has 8 nitrogen and oxygen atoms in total. The van der Waals surface area contributed by atoms with E-state index in [1.54, 1.807) is 60.7 Å². The third-order valence-electron chi connectivity index (χ3n) is 9.45. The average molecular weight is 743 g/mol. The van der Waals surface area contributed by atoms with Gasteiger partial charge in [0, 0.05) is 16.0 Å². The molecular formula is C33H25Cl2IN2O6. The van der Waals surface area contributed by atoms with E-state index >= 15 is 0 Å². The van der Waals surface area contributed by atoms with Crippen molar-refractivity contribution in [1.29, 1.82) is 0 Å². The van der Waals surface area contributed by atoms with E-state index in [0.29, 0.717) is 37.0 Å². The van der Waals surface area contributed by atoms with E-state index in [2.05, 4.69) is 0 Å². The normalized spacial score (nSPS) is 27.7. The summed E-state index contributed by atoms with van der Waals surface area (Å²) in [7, 11) is 1.45. The van der Waals surface area contributed by atoms with Crippen LogP contribution in [0.3, 0.4) is 0 Å². The highest BCUT2D eigenvalue weighted by atomic mass is 127. The van der Waals surface area contributed by atoms with Crippen LogP contribution in [-0.4, -0.2) is 35.8 Å². The van der Waals surface area contributed by atoms with E-state index < -0.39 is 35.5 Å². The Hall–Kier alpha value is -3.41. The standard InChI is InChI=1S/C33H25Cl2IN2O6/c1-44-25-13-15(12-24(36)29(25)39)26-20-10-11-21-27(32(42)37(30(21)40)18-6-2-16(34)3-7-18)22(20)14-23-28(26)33(43)38(31(23)41)19-8-4-17(35)5-9-19/h2-10,12-13,21-23,26-28,39H,11,14H2,1H3/t21-,22+,23+,26-,27-,28+/m0/s1. The molecule has 7 rings (SSSR count). The molecule has 2 aliphatic carbocycles. The number of carbonyl (C=O) groups excluding carboxylic acids is 4. The minimum absolute atomic E-state index is 0.0229. The Morgan fingerprint density at radius 3 is 1.89 bits per heavy atom. The number of phenols is 1. The highest BCUT2D eigenvalue weighted by Gasteiger charge is 2.62. The zero-order valence-corrected chi connectivity index (χ0v) is 26.9. The van der Waals surface area contributed by atoms with E-state index in [1.165, 1.54) is 16.9 Å². The molecule has 0 aromatic heterocycles. The average Bonchev–Trinajstić information content (AvgIpc) is 3.42. The van der Waals surface area contributed by atoms with Crippen LogP contribution >= 0.6 is 45.8 Å². The molecule has 2 aliphatic heterocycles. The third kappa shape index (κ3) is 4.38. The monoisotopic (exact) mass is 742 g/mol. The predicted octanol–water partition coefficient (Wildman–Crippen LogP) is 6.36. The van der Waals surface area contributed by atoms with Crippen LogP contribution in [0.1, 0.15) is 24.3 Å². The molecule has 44 heavy (non-hydrogen) atoms. The largest absolute Gasteiger partial charge is 0.504 e. The number of benzene rings is 3. The van der Waals surface area contributed by atoms with Crippen molar-refractivity contribution < 1.29 is 29.0 Å². The van der Waals surface area contributed by atoms with Gasteiger partial charge >= 0.3 is 0 Å². The van der Waals surface area contributed by atoms with Gasteiger partial charge in [-0.15, -0.1) is 0 Å². The summed E-state index contributed by atoms with van der Waals surface area (Å²) in [6, 6.07) is 16.6. The number of hydrogen-bond donors (Lipinski definition) is 1. The molecule has 4 aliphatic rings. The number of allylic oxidation sites excluding steroid dienone is 2. The summed E-state index contributed by atoms with van der Waals surface area (Å²) in [6.07, 6.45) is 2.56. The molecule has 11 heteroatoms. The second kappa shape index (κ2) is 10.9. The van der Waals surface area contributed by atoms with Gasteiger partial charge in [0.1, 0.15) is 0 Å². The number of nitrogens with zero attached hydrogens (tertiary/aromatic N) is 2. The Kier molecular flexibility index (Phi) is 7.25. The van der Waals surface area contributed by atoms with Gasteiger partial charge < -0.3 is 9.84 Å². The smallest absolute Gasteiger partial charge is 0.238 e. The fourth-order valence-corrected chi connectivity index (χ4v) is 8.46. The van der Waals surface area contributed by atoms with Crippen LogP contribution in [0.25, 0.3) is 0 Å². The lowest BCUT2D eigenvalue weighted by molar-refractivity contribution is -0.126. The van der Waals surface area contributed by atoms with Crippen molar-refractivity contribution in [1.82, 2.24) is 0 Å². The minimum atomic E-state index is -0.748. The Balaban J connectivity index is 1.35. The SMILES string of the molecule is COc1cc([C@H]2C3=CC[C@@H]4C(=O)N(c5ccc(Cl)cc5)C(=O)[C@@H]4[C@@H]3C[C@H]3C(=O)N(c4ccc(Cl)cc4)C(=O)[C@@H]23)cc(I)c1O. The van der Waals surface area contributed by atoms with Crippen molar-refractivity contribution in [2.24, 2.45) is 29.6 Å². The summed E-state index contributed by atoms with van der Waals surface area (Å²) in [5, 5.41) is 11.6. The van der Waals surface area contributed by atoms with Crippen LogP contribution in [0, 0.1) is 33.2 Å². The molecule has 3 aromatic rings. The van der Waals surface area contributed by atoms with Crippen LogP contribution in [0.5, 0.6) is 11.5 Å². The molecule has 0 bridgehead atoms. The van der Waals surface area contributed by atoms with Crippen molar-refractivity contribution in [3.8, 4) is 11.5 Å². The second-order valence-corrected chi connectivity index (χ2v) is 13.6. The van der Waals surface area contributed by atoms with Gasteiger partial charge in [-0.25, -0.2) is 0 Å². The summed E-state index contributed by atoms with van der Waals surface area (Å²) in [5.41, 5.74) is 2.42. The van der Waals surface area contributed by atoms with Crippen molar-refractivity contribution in [2.75, 3.05) is 16.9 Å². The number of amides is 4. The number of rotatable bonds is 4. The highest BCUT2D eigenvalue weighted by Crippen LogP contribution is 2.59. The fourth-order valence-electron chi connectivity index (χ4n) is 7.58. The van der Waals surface area contributed by atoms with Crippen LogP contribution < -0.4 is 14.5 Å². The Bertz CT molecular complexity index is 1780. The zero-order chi connectivity index (χ0) is 31.0. The van der Waals surface area contributed by atoms with Crippen LogP contribution in [0.4, 0.5) is 11.4 Å². The fraction of sp³-hybridized carbons (Fsp3) is 0.273.